The summed E-state index contributed by atoms with van der Waals surface area (Å²) in [6.07, 6.45) is 1.66. The Labute approximate surface area is 227 Å². The van der Waals surface area contributed by atoms with Crippen molar-refractivity contribution in [3.8, 4) is 11.5 Å². The van der Waals surface area contributed by atoms with E-state index in [0.717, 1.165) is 11.1 Å². The van der Waals surface area contributed by atoms with Crippen LogP contribution < -0.4 is 19.6 Å². The van der Waals surface area contributed by atoms with Gasteiger partial charge in [-0.3, -0.25) is 9.36 Å². The molecular formula is C29H23ClN2O5S. The predicted octanol–water partition coefficient (Wildman–Crippen LogP) is 4.30. The molecule has 0 radical (unpaired) electrons. The zero-order valence-electron chi connectivity index (χ0n) is 20.6. The van der Waals surface area contributed by atoms with Crippen molar-refractivity contribution in [1.82, 2.24) is 4.57 Å². The molecule has 7 nitrogen and oxygen atoms in total. The van der Waals surface area contributed by atoms with Crippen molar-refractivity contribution in [1.29, 1.82) is 0 Å². The quantitative estimate of drug-likeness (QED) is 0.364. The van der Waals surface area contributed by atoms with Crippen LogP contribution in [-0.4, -0.2) is 29.4 Å². The number of fused-ring (bicyclic) bond motifs is 1. The lowest BCUT2D eigenvalue weighted by molar-refractivity contribution is -0.138. The summed E-state index contributed by atoms with van der Waals surface area (Å²) in [6, 6.07) is 21.1. The van der Waals surface area contributed by atoms with Crippen LogP contribution in [0.4, 0.5) is 0 Å². The summed E-state index contributed by atoms with van der Waals surface area (Å²) in [6.45, 7) is 1.92. The summed E-state index contributed by atoms with van der Waals surface area (Å²) < 4.78 is 12.6. The summed E-state index contributed by atoms with van der Waals surface area (Å²) in [5, 5.41) is 10.2. The average Bonchev–Trinajstić information content (AvgIpc) is 3.25. The molecule has 0 spiro atoms. The number of nitrogens with zero attached hydrogens (tertiary/aromatic N) is 2. The van der Waals surface area contributed by atoms with Crippen LogP contribution in [0.2, 0.25) is 5.02 Å². The lowest BCUT2D eigenvalue weighted by Gasteiger charge is -2.25. The minimum atomic E-state index is -0.748. The minimum absolute atomic E-state index is 0.0986. The van der Waals surface area contributed by atoms with Crippen molar-refractivity contribution < 1.29 is 19.4 Å². The van der Waals surface area contributed by atoms with Crippen LogP contribution in [0.5, 0.6) is 11.5 Å². The summed E-state index contributed by atoms with van der Waals surface area (Å²) >= 11 is 7.37. The van der Waals surface area contributed by atoms with Crippen molar-refractivity contribution in [2.24, 2.45) is 4.99 Å². The molecule has 9 heteroatoms. The number of aromatic hydroxyl groups is 1. The number of hydrogen-bond acceptors (Lipinski definition) is 7. The van der Waals surface area contributed by atoms with Gasteiger partial charge in [-0.2, -0.15) is 0 Å². The Morgan fingerprint density at radius 2 is 1.82 bits per heavy atom. The Kier molecular flexibility index (Phi) is 7.18. The van der Waals surface area contributed by atoms with Gasteiger partial charge >= 0.3 is 5.97 Å². The third-order valence-electron chi connectivity index (χ3n) is 6.06. The highest BCUT2D eigenvalue weighted by atomic mass is 35.5. The number of phenols is 1. The number of phenolic OH excluding ortho intramolecular Hbond substituents is 1. The van der Waals surface area contributed by atoms with Gasteiger partial charge in [0.05, 0.1) is 40.6 Å². The molecule has 1 aliphatic heterocycles. The highest BCUT2D eigenvalue weighted by Crippen LogP contribution is 2.36. The molecule has 38 heavy (non-hydrogen) atoms. The SMILES string of the molecule is CCOC(=O)C1=C(c2ccccc2)N=c2s/c(=C\c3cc(Cl)c(O)c(OC)c3)c(=O)n2[C@H]1c1ccccc1. The molecule has 0 saturated heterocycles. The monoisotopic (exact) mass is 546 g/mol. The zero-order valence-corrected chi connectivity index (χ0v) is 22.1. The van der Waals surface area contributed by atoms with Gasteiger partial charge in [-0.05, 0) is 36.3 Å². The van der Waals surface area contributed by atoms with Crippen molar-refractivity contribution in [2.75, 3.05) is 13.7 Å². The van der Waals surface area contributed by atoms with E-state index in [4.69, 9.17) is 26.1 Å². The fourth-order valence-corrected chi connectivity index (χ4v) is 5.60. The Bertz CT molecular complexity index is 1730. The first-order valence-electron chi connectivity index (χ1n) is 11.8. The first kappa shape index (κ1) is 25.5. The molecule has 0 bridgehead atoms. The molecule has 3 aromatic carbocycles. The fourth-order valence-electron chi connectivity index (χ4n) is 4.38. The number of ether oxygens (including phenoxy) is 2. The minimum Gasteiger partial charge on any atom is -0.503 e. The number of esters is 1. The molecule has 4 aromatic rings. The van der Waals surface area contributed by atoms with Crippen molar-refractivity contribution in [2.45, 2.75) is 13.0 Å². The second kappa shape index (κ2) is 10.7. The van der Waals surface area contributed by atoms with E-state index in [1.165, 1.54) is 23.0 Å². The van der Waals surface area contributed by atoms with Crippen LogP contribution in [-0.2, 0) is 9.53 Å². The highest BCUT2D eigenvalue weighted by Gasteiger charge is 2.35. The van der Waals surface area contributed by atoms with Crippen LogP contribution in [0.1, 0.15) is 29.7 Å². The van der Waals surface area contributed by atoms with E-state index in [9.17, 15) is 14.7 Å². The van der Waals surface area contributed by atoms with Gasteiger partial charge in [0.25, 0.3) is 5.56 Å². The number of benzene rings is 3. The fraction of sp³-hybridized carbons (Fsp3) is 0.138. The van der Waals surface area contributed by atoms with E-state index in [2.05, 4.69) is 0 Å². The first-order valence-corrected chi connectivity index (χ1v) is 13.0. The van der Waals surface area contributed by atoms with E-state index in [1.54, 1.807) is 25.1 Å². The molecule has 1 aliphatic rings. The number of thiazole rings is 1. The van der Waals surface area contributed by atoms with E-state index in [0.29, 0.717) is 20.6 Å². The van der Waals surface area contributed by atoms with Gasteiger partial charge in [0.1, 0.15) is 0 Å². The number of methoxy groups -OCH3 is 1. The number of halogens is 1. The maximum atomic E-state index is 13.9. The molecule has 192 valence electrons. The van der Waals surface area contributed by atoms with Gasteiger partial charge in [-0.15, -0.1) is 0 Å². The number of hydrogen-bond donors (Lipinski definition) is 1. The zero-order chi connectivity index (χ0) is 26.8. The Balaban J connectivity index is 1.81. The van der Waals surface area contributed by atoms with Crippen molar-refractivity contribution >= 4 is 40.7 Å². The summed E-state index contributed by atoms with van der Waals surface area (Å²) in [7, 11) is 1.42. The summed E-state index contributed by atoms with van der Waals surface area (Å²) in [4.78, 5) is 32.5. The molecule has 1 atom stereocenters. The molecule has 2 heterocycles. The highest BCUT2D eigenvalue weighted by molar-refractivity contribution is 7.07. The van der Waals surface area contributed by atoms with E-state index in [-0.39, 0.29) is 34.3 Å². The molecule has 5 rings (SSSR count). The van der Waals surface area contributed by atoms with Crippen molar-refractivity contribution in [3.05, 3.63) is 120 Å². The maximum absolute atomic E-state index is 13.9. The van der Waals surface area contributed by atoms with E-state index in [1.807, 2.05) is 60.7 Å². The summed E-state index contributed by atoms with van der Waals surface area (Å²) in [5.41, 5.74) is 2.49. The third kappa shape index (κ3) is 4.64. The standard InChI is InChI=1S/C29H23ClN2O5S/c1-3-37-28(35)23-24(18-10-6-4-7-11-18)31-29-32(25(23)19-12-8-5-9-13-19)27(34)22(38-29)16-17-14-20(30)26(33)21(15-17)36-2/h4-16,25,33H,3H2,1-2H3/b22-16-/t25-/m0/s1. The van der Waals surface area contributed by atoms with Gasteiger partial charge in [-0.25, -0.2) is 9.79 Å². The van der Waals surface area contributed by atoms with Crippen molar-refractivity contribution in [3.63, 3.8) is 0 Å². The van der Waals surface area contributed by atoms with Gasteiger partial charge in [0, 0.05) is 5.56 Å². The van der Waals surface area contributed by atoms with Crippen LogP contribution in [0.3, 0.4) is 0 Å². The molecule has 1 N–H and O–H groups in total. The maximum Gasteiger partial charge on any atom is 0.338 e. The Morgan fingerprint density at radius 1 is 1.13 bits per heavy atom. The molecule has 0 unspecified atom stereocenters. The number of aromatic nitrogens is 1. The summed E-state index contributed by atoms with van der Waals surface area (Å²) in [5.74, 6) is -0.522. The lowest BCUT2D eigenvalue weighted by atomic mass is 9.93. The van der Waals surface area contributed by atoms with Gasteiger partial charge < -0.3 is 14.6 Å². The number of rotatable bonds is 6. The molecule has 1 aromatic heterocycles. The van der Waals surface area contributed by atoms with Crippen LogP contribution >= 0.6 is 22.9 Å². The Hall–Kier alpha value is -4.14. The molecule has 0 amide bonds. The van der Waals surface area contributed by atoms with Crippen LogP contribution in [0.15, 0.2) is 88.2 Å². The molecule has 0 aliphatic carbocycles. The van der Waals surface area contributed by atoms with Gasteiger partial charge in [0.2, 0.25) is 0 Å². The predicted molar refractivity (Wildman–Crippen MR) is 147 cm³/mol. The van der Waals surface area contributed by atoms with E-state index < -0.39 is 12.0 Å². The second-order valence-corrected chi connectivity index (χ2v) is 9.81. The third-order valence-corrected chi connectivity index (χ3v) is 7.33. The molecule has 0 fully saturated rings. The largest absolute Gasteiger partial charge is 0.503 e. The lowest BCUT2D eigenvalue weighted by Crippen LogP contribution is -2.39. The first-order chi connectivity index (χ1) is 18.4. The van der Waals surface area contributed by atoms with Crippen LogP contribution in [0, 0.1) is 0 Å². The smallest absolute Gasteiger partial charge is 0.338 e. The van der Waals surface area contributed by atoms with Gasteiger partial charge in [-0.1, -0.05) is 83.6 Å². The molecule has 0 saturated carbocycles. The topological polar surface area (TPSA) is 90.1 Å². The number of carbonyl (C=O) groups excluding carboxylic acids is 1. The molecular weight excluding hydrogens is 524 g/mol. The van der Waals surface area contributed by atoms with Crippen LogP contribution in [0.25, 0.3) is 11.8 Å². The average molecular weight is 547 g/mol. The van der Waals surface area contributed by atoms with Gasteiger partial charge in [0.15, 0.2) is 16.3 Å². The number of carbonyl (C=O) groups is 1. The van der Waals surface area contributed by atoms with E-state index >= 15 is 0 Å². The Morgan fingerprint density at radius 3 is 2.47 bits per heavy atom. The normalized spacial score (nSPS) is 15.1. The second-order valence-electron chi connectivity index (χ2n) is 8.40.